The molecule has 0 saturated heterocycles. The molecule has 1 fully saturated rings. The quantitative estimate of drug-likeness (QED) is 0.595. The summed E-state index contributed by atoms with van der Waals surface area (Å²) in [7, 11) is 0. The van der Waals surface area contributed by atoms with Crippen molar-refractivity contribution in [2.24, 2.45) is 5.41 Å². The van der Waals surface area contributed by atoms with Crippen molar-refractivity contribution >= 4 is 0 Å². The first-order valence-electron chi connectivity index (χ1n) is 4.34. The molecule has 1 aliphatic carbocycles. The molecule has 1 saturated carbocycles. The molecule has 1 N–H and O–H groups in total. The molecule has 0 radical (unpaired) electrons. The van der Waals surface area contributed by atoms with Crippen LogP contribution in [-0.2, 0) is 0 Å². The van der Waals surface area contributed by atoms with Gasteiger partial charge in [-0.2, -0.15) is 0 Å². The van der Waals surface area contributed by atoms with E-state index in [0.717, 1.165) is 12.8 Å². The van der Waals surface area contributed by atoms with E-state index in [1.807, 2.05) is 0 Å². The van der Waals surface area contributed by atoms with Crippen molar-refractivity contribution in [3.8, 4) is 0 Å². The van der Waals surface area contributed by atoms with Gasteiger partial charge in [0, 0.05) is 0 Å². The van der Waals surface area contributed by atoms with Crippen molar-refractivity contribution in [1.82, 2.24) is 0 Å². The first-order chi connectivity index (χ1) is 4.66. The largest absolute Gasteiger partial charge is 0.393 e. The molecular weight excluding hydrogens is 124 g/mol. The van der Waals surface area contributed by atoms with Crippen LogP contribution in [0.1, 0.15) is 46.0 Å². The lowest BCUT2D eigenvalue weighted by Gasteiger charge is -2.35. The molecule has 2 unspecified atom stereocenters. The second-order valence-electron chi connectivity index (χ2n) is 3.91. The van der Waals surface area contributed by atoms with Crippen LogP contribution in [0.15, 0.2) is 0 Å². The van der Waals surface area contributed by atoms with Crippen LogP contribution < -0.4 is 0 Å². The molecule has 1 rings (SSSR count). The number of aliphatic hydroxyl groups is 1. The lowest BCUT2D eigenvalue weighted by molar-refractivity contribution is 0.0545. The van der Waals surface area contributed by atoms with Crippen LogP contribution in [0.25, 0.3) is 0 Å². The molecule has 60 valence electrons. The minimum absolute atomic E-state index is 0.0151. The topological polar surface area (TPSA) is 20.2 Å². The molecule has 1 aliphatic rings. The summed E-state index contributed by atoms with van der Waals surface area (Å²) in [5.74, 6) is 0. The van der Waals surface area contributed by atoms with E-state index < -0.39 is 0 Å². The van der Waals surface area contributed by atoms with Gasteiger partial charge < -0.3 is 5.11 Å². The Balaban J connectivity index is 2.45. The molecule has 10 heavy (non-hydrogen) atoms. The minimum atomic E-state index is -0.0151. The van der Waals surface area contributed by atoms with Crippen molar-refractivity contribution in [2.75, 3.05) is 0 Å². The summed E-state index contributed by atoms with van der Waals surface area (Å²) in [6.45, 7) is 4.51. The van der Waals surface area contributed by atoms with Crippen LogP contribution in [0.4, 0.5) is 0 Å². The van der Waals surface area contributed by atoms with E-state index in [0.29, 0.717) is 5.41 Å². The van der Waals surface area contributed by atoms with E-state index in [2.05, 4.69) is 13.8 Å². The van der Waals surface area contributed by atoms with Gasteiger partial charge in [0.1, 0.15) is 0 Å². The number of rotatable bonds is 1. The smallest absolute Gasteiger partial charge is 0.0545 e. The van der Waals surface area contributed by atoms with E-state index in [1.165, 1.54) is 19.3 Å². The summed E-state index contributed by atoms with van der Waals surface area (Å²) in [4.78, 5) is 0. The van der Waals surface area contributed by atoms with Gasteiger partial charge in [-0.1, -0.05) is 26.7 Å². The Labute approximate surface area is 63.4 Å². The highest BCUT2D eigenvalue weighted by Crippen LogP contribution is 2.38. The summed E-state index contributed by atoms with van der Waals surface area (Å²) >= 11 is 0. The normalized spacial score (nSPS) is 41.7. The fraction of sp³-hybridized carbons (Fsp3) is 1.00. The third kappa shape index (κ3) is 1.72. The zero-order valence-corrected chi connectivity index (χ0v) is 7.06. The second-order valence-corrected chi connectivity index (χ2v) is 3.91. The Hall–Kier alpha value is -0.0400. The minimum Gasteiger partial charge on any atom is -0.393 e. The van der Waals surface area contributed by atoms with Gasteiger partial charge in [-0.05, 0) is 24.7 Å². The van der Waals surface area contributed by atoms with Gasteiger partial charge in [0.15, 0.2) is 0 Å². The molecule has 2 atom stereocenters. The first-order valence-corrected chi connectivity index (χ1v) is 4.34. The lowest BCUT2D eigenvalue weighted by Crippen LogP contribution is -2.27. The first kappa shape index (κ1) is 8.06. The van der Waals surface area contributed by atoms with Crippen molar-refractivity contribution in [3.05, 3.63) is 0 Å². The van der Waals surface area contributed by atoms with Gasteiger partial charge in [-0.15, -0.1) is 0 Å². The Morgan fingerprint density at radius 2 is 2.30 bits per heavy atom. The van der Waals surface area contributed by atoms with Gasteiger partial charge in [0.05, 0.1) is 6.10 Å². The Morgan fingerprint density at radius 3 is 2.70 bits per heavy atom. The molecule has 1 nitrogen and oxygen atoms in total. The highest BCUT2D eigenvalue weighted by atomic mass is 16.3. The van der Waals surface area contributed by atoms with E-state index in [1.54, 1.807) is 0 Å². The SMILES string of the molecule is CCC1(C)CCCC(O)C1. The van der Waals surface area contributed by atoms with Crippen LogP contribution in [0.2, 0.25) is 0 Å². The third-order valence-corrected chi connectivity index (χ3v) is 2.90. The number of hydrogen-bond acceptors (Lipinski definition) is 1. The molecule has 0 bridgehead atoms. The monoisotopic (exact) mass is 142 g/mol. The number of hydrogen-bond donors (Lipinski definition) is 1. The molecule has 1 heteroatoms. The highest BCUT2D eigenvalue weighted by Gasteiger charge is 2.29. The van der Waals surface area contributed by atoms with Gasteiger partial charge in [-0.3, -0.25) is 0 Å². The van der Waals surface area contributed by atoms with E-state index in [-0.39, 0.29) is 6.10 Å². The maximum Gasteiger partial charge on any atom is 0.0545 e. The van der Waals surface area contributed by atoms with Crippen LogP contribution >= 0.6 is 0 Å². The van der Waals surface area contributed by atoms with Crippen molar-refractivity contribution in [2.45, 2.75) is 52.1 Å². The molecule has 0 aromatic rings. The predicted molar refractivity (Wildman–Crippen MR) is 42.9 cm³/mol. The molecular formula is C9H18O. The van der Waals surface area contributed by atoms with Gasteiger partial charge in [0.25, 0.3) is 0 Å². The van der Waals surface area contributed by atoms with Crippen LogP contribution in [0.3, 0.4) is 0 Å². The summed E-state index contributed by atoms with van der Waals surface area (Å²) in [6, 6.07) is 0. The average Bonchev–Trinajstić information content (AvgIpc) is 1.88. The van der Waals surface area contributed by atoms with Crippen LogP contribution in [-0.4, -0.2) is 11.2 Å². The second kappa shape index (κ2) is 2.91. The van der Waals surface area contributed by atoms with Gasteiger partial charge in [-0.25, -0.2) is 0 Å². The summed E-state index contributed by atoms with van der Waals surface area (Å²) < 4.78 is 0. The summed E-state index contributed by atoms with van der Waals surface area (Å²) in [6.07, 6.45) is 5.76. The van der Waals surface area contributed by atoms with Gasteiger partial charge >= 0.3 is 0 Å². The fourth-order valence-corrected chi connectivity index (χ4v) is 1.86. The number of aliphatic hydroxyl groups excluding tert-OH is 1. The third-order valence-electron chi connectivity index (χ3n) is 2.90. The lowest BCUT2D eigenvalue weighted by atomic mass is 9.73. The predicted octanol–water partition coefficient (Wildman–Crippen LogP) is 2.34. The van der Waals surface area contributed by atoms with Crippen molar-refractivity contribution in [3.63, 3.8) is 0 Å². The molecule has 0 aromatic heterocycles. The van der Waals surface area contributed by atoms with Crippen LogP contribution in [0.5, 0.6) is 0 Å². The van der Waals surface area contributed by atoms with E-state index >= 15 is 0 Å². The zero-order chi connectivity index (χ0) is 7.61. The average molecular weight is 142 g/mol. The molecule has 0 heterocycles. The Kier molecular flexibility index (Phi) is 2.35. The standard InChI is InChI=1S/C9H18O/c1-3-9(2)6-4-5-8(10)7-9/h8,10H,3-7H2,1-2H3. The van der Waals surface area contributed by atoms with Crippen LogP contribution in [0, 0.1) is 5.41 Å². The highest BCUT2D eigenvalue weighted by molar-refractivity contribution is 4.81. The summed E-state index contributed by atoms with van der Waals surface area (Å²) in [5.41, 5.74) is 0.442. The van der Waals surface area contributed by atoms with E-state index in [4.69, 9.17) is 0 Å². The fourth-order valence-electron chi connectivity index (χ4n) is 1.86. The summed E-state index contributed by atoms with van der Waals surface area (Å²) in [5, 5.41) is 9.38. The van der Waals surface area contributed by atoms with Crippen molar-refractivity contribution in [1.29, 1.82) is 0 Å². The maximum absolute atomic E-state index is 9.38. The molecule has 0 amide bonds. The molecule has 0 aliphatic heterocycles. The zero-order valence-electron chi connectivity index (χ0n) is 7.06. The van der Waals surface area contributed by atoms with Crippen molar-refractivity contribution < 1.29 is 5.11 Å². The molecule has 0 aromatic carbocycles. The Morgan fingerprint density at radius 1 is 1.60 bits per heavy atom. The molecule has 0 spiro atoms. The Bertz CT molecular complexity index is 111. The maximum atomic E-state index is 9.38. The van der Waals surface area contributed by atoms with Gasteiger partial charge in [0.2, 0.25) is 0 Å². The van der Waals surface area contributed by atoms with E-state index in [9.17, 15) is 5.11 Å².